The molecule has 266 valence electrons. The molecule has 2 N–H and O–H groups in total. The second kappa shape index (κ2) is 15.0. The zero-order valence-corrected chi connectivity index (χ0v) is 29.2. The van der Waals surface area contributed by atoms with E-state index in [1.54, 1.807) is 17.7 Å². The van der Waals surface area contributed by atoms with Crippen molar-refractivity contribution in [2.75, 3.05) is 49.5 Å². The third kappa shape index (κ3) is 7.48. The predicted molar refractivity (Wildman–Crippen MR) is 194 cm³/mol. The number of piperidine rings is 1. The van der Waals surface area contributed by atoms with E-state index in [0.717, 1.165) is 81.8 Å². The molecule has 13 heteroatoms. The number of carbonyl (C=O) groups excluding carboxylic acids is 3. The number of imide groups is 1. The number of amides is 2. The normalized spacial score (nSPS) is 18.6. The van der Waals surface area contributed by atoms with Crippen LogP contribution in [0.3, 0.4) is 0 Å². The SMILES string of the molecule is CC(=O)c1c(C)c2cnc(Nc3ccc(N4CCN(CCCOc5cccc(C6CCC(=O)NC6=O)c5)CC4)cn3)nc2n(C2CCCC2)c1=O. The van der Waals surface area contributed by atoms with Gasteiger partial charge in [0.05, 0.1) is 30.0 Å². The molecule has 2 aliphatic heterocycles. The lowest BCUT2D eigenvalue weighted by Gasteiger charge is -2.36. The maximum atomic E-state index is 13.5. The van der Waals surface area contributed by atoms with Gasteiger partial charge in [-0.05, 0) is 74.9 Å². The topological polar surface area (TPSA) is 152 Å². The Morgan fingerprint density at radius 2 is 1.80 bits per heavy atom. The molecule has 0 radical (unpaired) electrons. The van der Waals surface area contributed by atoms with Crippen molar-refractivity contribution in [3.8, 4) is 5.75 Å². The molecule has 3 fully saturated rings. The maximum absolute atomic E-state index is 13.5. The second-order valence-corrected chi connectivity index (χ2v) is 13.7. The van der Waals surface area contributed by atoms with Crippen molar-refractivity contribution < 1.29 is 19.1 Å². The zero-order valence-electron chi connectivity index (χ0n) is 29.2. The highest BCUT2D eigenvalue weighted by molar-refractivity contribution is 6.01. The van der Waals surface area contributed by atoms with E-state index in [4.69, 9.17) is 9.72 Å². The maximum Gasteiger partial charge on any atom is 0.263 e. The molecule has 1 aromatic carbocycles. The van der Waals surface area contributed by atoms with Crippen LogP contribution in [-0.2, 0) is 9.59 Å². The third-order valence-corrected chi connectivity index (χ3v) is 10.4. The van der Waals surface area contributed by atoms with Crippen molar-refractivity contribution in [1.29, 1.82) is 0 Å². The molecule has 13 nitrogen and oxygen atoms in total. The Morgan fingerprint density at radius 1 is 1.00 bits per heavy atom. The minimum absolute atomic E-state index is 0.0176. The molecule has 2 amide bonds. The first kappa shape index (κ1) is 34.3. The summed E-state index contributed by atoms with van der Waals surface area (Å²) >= 11 is 0. The minimum atomic E-state index is -0.319. The summed E-state index contributed by atoms with van der Waals surface area (Å²) in [6.07, 6.45) is 9.18. The number of fused-ring (bicyclic) bond motifs is 1. The van der Waals surface area contributed by atoms with Gasteiger partial charge in [0, 0.05) is 56.8 Å². The fourth-order valence-electron chi connectivity index (χ4n) is 7.61. The molecule has 1 aliphatic carbocycles. The Balaban J connectivity index is 0.912. The van der Waals surface area contributed by atoms with Gasteiger partial charge in [0.1, 0.15) is 17.2 Å². The molecule has 0 bridgehead atoms. The molecule has 2 saturated heterocycles. The van der Waals surface area contributed by atoms with Crippen LogP contribution in [0.5, 0.6) is 5.75 Å². The molecule has 3 aromatic heterocycles. The fraction of sp³-hybridized carbons (Fsp3) is 0.447. The van der Waals surface area contributed by atoms with E-state index in [-0.39, 0.29) is 40.7 Å². The fourth-order valence-corrected chi connectivity index (χ4v) is 7.61. The number of nitrogens with zero attached hydrogens (tertiary/aromatic N) is 6. The number of aromatic nitrogens is 4. The van der Waals surface area contributed by atoms with E-state index < -0.39 is 0 Å². The van der Waals surface area contributed by atoms with Crippen LogP contribution in [0, 0.1) is 6.92 Å². The van der Waals surface area contributed by atoms with Gasteiger partial charge in [-0.15, -0.1) is 0 Å². The Kier molecular flexibility index (Phi) is 10.1. The number of pyridine rings is 2. The molecule has 3 aliphatic rings. The molecule has 0 spiro atoms. The third-order valence-electron chi connectivity index (χ3n) is 10.4. The first-order chi connectivity index (χ1) is 24.7. The molecular formula is C38H44N8O5. The van der Waals surface area contributed by atoms with Crippen LogP contribution in [0.1, 0.15) is 85.3 Å². The van der Waals surface area contributed by atoms with Gasteiger partial charge in [0.25, 0.3) is 5.56 Å². The summed E-state index contributed by atoms with van der Waals surface area (Å²) in [6, 6.07) is 11.6. The number of benzene rings is 1. The molecule has 51 heavy (non-hydrogen) atoms. The highest BCUT2D eigenvalue weighted by atomic mass is 16.5. The number of anilines is 3. The highest BCUT2D eigenvalue weighted by Crippen LogP contribution is 2.32. The van der Waals surface area contributed by atoms with Gasteiger partial charge in [0.2, 0.25) is 17.8 Å². The molecule has 1 unspecified atom stereocenters. The largest absolute Gasteiger partial charge is 0.494 e. The first-order valence-electron chi connectivity index (χ1n) is 17.9. The average molecular weight is 693 g/mol. The molecular weight excluding hydrogens is 648 g/mol. The van der Waals surface area contributed by atoms with E-state index in [0.29, 0.717) is 47.8 Å². The number of rotatable bonds is 11. The van der Waals surface area contributed by atoms with Crippen molar-refractivity contribution in [3.63, 3.8) is 0 Å². The number of ketones is 1. The van der Waals surface area contributed by atoms with Gasteiger partial charge in [-0.3, -0.25) is 34.0 Å². The van der Waals surface area contributed by atoms with Crippen molar-refractivity contribution in [2.24, 2.45) is 0 Å². The van der Waals surface area contributed by atoms with Crippen molar-refractivity contribution in [1.82, 2.24) is 29.7 Å². The van der Waals surface area contributed by atoms with Crippen molar-refractivity contribution in [2.45, 2.75) is 70.8 Å². The van der Waals surface area contributed by atoms with Gasteiger partial charge in [-0.25, -0.2) is 9.97 Å². The van der Waals surface area contributed by atoms with E-state index in [1.165, 1.54) is 6.92 Å². The number of ether oxygens (including phenoxy) is 1. The standard InChI is InChI=1S/C38H44N8O5/c1-24-31-23-40-38(43-35(31)46(27-8-3-4-9-27)37(50)34(24)25(2)47)41-32-13-11-28(22-39-32)45-18-16-44(17-19-45)15-6-20-51-29-10-5-7-26(21-29)30-12-14-33(48)42-36(30)49/h5,7,10-11,13,21-23,27,30H,3-4,6,8-9,12,14-20H2,1-2H3,(H,42,48,49)(H,39,40,41,43). The molecule has 1 atom stereocenters. The molecule has 7 rings (SSSR count). The molecule has 5 heterocycles. The summed E-state index contributed by atoms with van der Waals surface area (Å²) in [7, 11) is 0. The van der Waals surface area contributed by atoms with Gasteiger partial charge in [-0.2, -0.15) is 4.98 Å². The number of carbonyl (C=O) groups is 3. The van der Waals surface area contributed by atoms with Crippen LogP contribution in [0.15, 0.2) is 53.6 Å². The number of nitrogens with one attached hydrogen (secondary N) is 2. The number of hydrogen-bond acceptors (Lipinski definition) is 11. The van der Waals surface area contributed by atoms with Crippen LogP contribution >= 0.6 is 0 Å². The Hall–Kier alpha value is -5.17. The monoisotopic (exact) mass is 692 g/mol. The summed E-state index contributed by atoms with van der Waals surface area (Å²) in [4.78, 5) is 68.4. The van der Waals surface area contributed by atoms with Crippen molar-refractivity contribution >= 4 is 46.1 Å². The summed E-state index contributed by atoms with van der Waals surface area (Å²) < 4.78 is 7.73. The smallest absolute Gasteiger partial charge is 0.263 e. The lowest BCUT2D eigenvalue weighted by molar-refractivity contribution is -0.134. The van der Waals surface area contributed by atoms with Crippen LogP contribution in [0.2, 0.25) is 0 Å². The average Bonchev–Trinajstić information content (AvgIpc) is 3.65. The van der Waals surface area contributed by atoms with E-state index >= 15 is 0 Å². The van der Waals surface area contributed by atoms with E-state index in [9.17, 15) is 19.2 Å². The number of Topliss-reactive ketones (excluding diaryl/α,β-unsaturated/α-hetero) is 1. The highest BCUT2D eigenvalue weighted by Gasteiger charge is 2.29. The van der Waals surface area contributed by atoms with Crippen LogP contribution in [0.4, 0.5) is 17.5 Å². The van der Waals surface area contributed by atoms with Gasteiger partial charge < -0.3 is 15.0 Å². The van der Waals surface area contributed by atoms with Crippen LogP contribution < -0.4 is 25.8 Å². The lowest BCUT2D eigenvalue weighted by atomic mass is 9.90. The summed E-state index contributed by atoms with van der Waals surface area (Å²) in [5.41, 5.74) is 3.04. The van der Waals surface area contributed by atoms with E-state index in [1.807, 2.05) is 42.6 Å². The van der Waals surface area contributed by atoms with E-state index in [2.05, 4.69) is 30.4 Å². The molecule has 1 saturated carbocycles. The van der Waals surface area contributed by atoms with Gasteiger partial charge in [-0.1, -0.05) is 25.0 Å². The van der Waals surface area contributed by atoms with Gasteiger partial charge in [0.15, 0.2) is 5.78 Å². The number of hydrogen-bond donors (Lipinski definition) is 2. The van der Waals surface area contributed by atoms with Crippen molar-refractivity contribution in [3.05, 3.63) is 75.8 Å². The summed E-state index contributed by atoms with van der Waals surface area (Å²) in [6.45, 7) is 8.38. The second-order valence-electron chi connectivity index (χ2n) is 13.7. The van der Waals surface area contributed by atoms with Crippen LogP contribution in [0.25, 0.3) is 11.0 Å². The summed E-state index contributed by atoms with van der Waals surface area (Å²) in [5, 5.41) is 6.35. The number of piperazine rings is 1. The van der Waals surface area contributed by atoms with Crippen LogP contribution in [-0.4, -0.2) is 81.3 Å². The number of aryl methyl sites for hydroxylation is 1. The Labute approximate surface area is 296 Å². The predicted octanol–water partition coefficient (Wildman–Crippen LogP) is 4.67. The van der Waals surface area contributed by atoms with Gasteiger partial charge >= 0.3 is 0 Å². The lowest BCUT2D eigenvalue weighted by Crippen LogP contribution is -2.46. The first-order valence-corrected chi connectivity index (χ1v) is 17.9. The quantitative estimate of drug-likeness (QED) is 0.128. The summed E-state index contributed by atoms with van der Waals surface area (Å²) in [5.74, 6) is 0.682. The zero-order chi connectivity index (χ0) is 35.5. The molecule has 4 aromatic rings. The Morgan fingerprint density at radius 3 is 2.53 bits per heavy atom. The Bertz CT molecular complexity index is 2000. The minimum Gasteiger partial charge on any atom is -0.494 e.